The summed E-state index contributed by atoms with van der Waals surface area (Å²) in [5.74, 6) is 0. The van der Waals surface area contributed by atoms with E-state index >= 15 is 0 Å². The van der Waals surface area contributed by atoms with E-state index in [-0.39, 0.29) is 21.0 Å². The molecule has 17 heteroatoms. The van der Waals surface area contributed by atoms with E-state index in [1.54, 1.807) is 50.2 Å². The van der Waals surface area contributed by atoms with Crippen LogP contribution in [0.3, 0.4) is 0 Å². The first-order chi connectivity index (χ1) is 22.1. The van der Waals surface area contributed by atoms with E-state index < -0.39 is 41.3 Å². The molecule has 0 heterocycles. The van der Waals surface area contributed by atoms with Crippen LogP contribution in [0.2, 0.25) is 5.02 Å². The van der Waals surface area contributed by atoms with E-state index in [2.05, 4.69) is 31.3 Å². The van der Waals surface area contributed by atoms with Gasteiger partial charge in [0.1, 0.15) is 5.36 Å². The van der Waals surface area contributed by atoms with E-state index in [9.17, 15) is 35.5 Å². The molecule has 0 amide bonds. The fourth-order valence-corrected chi connectivity index (χ4v) is 5.66. The smallest absolute Gasteiger partial charge is 0.287 e. The third kappa shape index (κ3) is 7.48. The molecule has 4 N–H and O–H groups in total. The monoisotopic (exact) mass is 694 g/mol. The Morgan fingerprint density at radius 3 is 2.15 bits per heavy atom. The molecule has 0 spiro atoms. The van der Waals surface area contributed by atoms with Crippen LogP contribution in [0.25, 0.3) is 10.8 Å². The highest BCUT2D eigenvalue weighted by atomic mass is 35.5. The van der Waals surface area contributed by atoms with Gasteiger partial charge in [-0.3, -0.25) is 29.5 Å². The number of benzene rings is 5. The van der Waals surface area contributed by atoms with E-state index in [1.165, 1.54) is 24.3 Å². The Morgan fingerprint density at radius 2 is 1.45 bits per heavy atom. The van der Waals surface area contributed by atoms with Crippen LogP contribution < -0.4 is 32.4 Å². The molecule has 5 aromatic carbocycles. The molecule has 0 saturated heterocycles. The van der Waals surface area contributed by atoms with Gasteiger partial charge < -0.3 is 0 Å². The van der Waals surface area contributed by atoms with Gasteiger partial charge >= 0.3 is 0 Å². The van der Waals surface area contributed by atoms with Crippen LogP contribution in [0.5, 0.6) is 0 Å². The van der Waals surface area contributed by atoms with Gasteiger partial charge in [-0.2, -0.15) is 37.3 Å². The number of nitrogens with one attached hydrogen (secondary N) is 2. The summed E-state index contributed by atoms with van der Waals surface area (Å²) in [6, 6.07) is 18.3. The summed E-state index contributed by atoms with van der Waals surface area (Å²) in [5, 5.41) is 16.9. The molecule has 0 bridgehead atoms. The number of rotatable bonds is 8. The highest BCUT2D eigenvalue weighted by Gasteiger charge is 2.15. The van der Waals surface area contributed by atoms with E-state index in [0.717, 1.165) is 18.2 Å². The number of fused-ring (bicyclic) bond motifs is 1. The zero-order valence-electron chi connectivity index (χ0n) is 24.3. The molecule has 47 heavy (non-hydrogen) atoms. The van der Waals surface area contributed by atoms with Gasteiger partial charge in [0, 0.05) is 10.4 Å². The topological polar surface area (TPSA) is 216 Å². The average molecular weight is 695 g/mol. The molecule has 5 rings (SSSR count). The predicted molar refractivity (Wildman–Crippen MR) is 175 cm³/mol. The second-order valence-corrected chi connectivity index (χ2v) is 13.3. The van der Waals surface area contributed by atoms with Gasteiger partial charge in [-0.15, -0.1) is 0 Å². The summed E-state index contributed by atoms with van der Waals surface area (Å²) >= 11 is 6.09. The highest BCUT2D eigenvalue weighted by Crippen LogP contribution is 2.32. The van der Waals surface area contributed by atoms with Crippen molar-refractivity contribution in [3.8, 4) is 0 Å². The molecule has 14 nitrogen and oxygen atoms in total. The van der Waals surface area contributed by atoms with Crippen molar-refractivity contribution in [2.24, 2.45) is 20.4 Å². The first-order valence-electron chi connectivity index (χ1n) is 13.4. The molecule has 5 aromatic rings. The van der Waals surface area contributed by atoms with Crippen LogP contribution in [0, 0.1) is 13.8 Å². The molecule has 0 fully saturated rings. The largest absolute Gasteiger partial charge is 0.294 e. The summed E-state index contributed by atoms with van der Waals surface area (Å²) in [5.41, 5.74) is 6.55. The van der Waals surface area contributed by atoms with Crippen LogP contribution in [0.15, 0.2) is 119 Å². The van der Waals surface area contributed by atoms with Crippen LogP contribution in [0.1, 0.15) is 11.1 Å². The average Bonchev–Trinajstić information content (AvgIpc) is 3.00. The molecule has 0 aromatic heterocycles. The normalized spacial score (nSPS) is 13.0. The van der Waals surface area contributed by atoms with Crippen molar-refractivity contribution in [1.82, 2.24) is 0 Å². The lowest BCUT2D eigenvalue weighted by Gasteiger charge is -2.07. The number of azo groups is 1. The fraction of sp³-hybridized carbons (Fsp3) is 0.0667. The van der Waals surface area contributed by atoms with E-state index in [4.69, 9.17) is 11.6 Å². The van der Waals surface area contributed by atoms with Crippen molar-refractivity contribution in [2.45, 2.75) is 23.6 Å². The maximum Gasteiger partial charge on any atom is 0.294 e. The lowest BCUT2D eigenvalue weighted by atomic mass is 10.1. The van der Waals surface area contributed by atoms with Gasteiger partial charge in [0.05, 0.1) is 32.5 Å². The Bertz CT molecular complexity index is 2570. The molecule has 0 aliphatic rings. The van der Waals surface area contributed by atoms with Crippen molar-refractivity contribution >= 4 is 65.4 Å². The Labute approximate surface area is 271 Å². The third-order valence-electron chi connectivity index (χ3n) is 6.87. The third-order valence-corrected chi connectivity index (χ3v) is 8.94. The molecular formula is C30H23ClN6O8S2. The minimum Gasteiger partial charge on any atom is -0.287 e. The molecule has 0 radical (unpaired) electrons. The summed E-state index contributed by atoms with van der Waals surface area (Å²) in [6.45, 7) is 3.36. The first kappa shape index (κ1) is 33.2. The van der Waals surface area contributed by atoms with Crippen LogP contribution in [0.4, 0.5) is 22.7 Å². The minimum absolute atomic E-state index is 0.0897. The minimum atomic E-state index is -4.51. The fourth-order valence-electron chi connectivity index (χ4n) is 4.33. The van der Waals surface area contributed by atoms with Crippen LogP contribution >= 0.6 is 11.6 Å². The maximum absolute atomic E-state index is 13.1. The lowest BCUT2D eigenvalue weighted by molar-refractivity contribution is 0.481. The number of anilines is 2. The second-order valence-electron chi connectivity index (χ2n) is 10.1. The summed E-state index contributed by atoms with van der Waals surface area (Å²) in [4.78, 5) is 24.9. The molecule has 0 saturated carbocycles. The zero-order chi connectivity index (χ0) is 34.1. The van der Waals surface area contributed by atoms with Gasteiger partial charge in [0.15, 0.2) is 5.36 Å². The quantitative estimate of drug-likeness (QED) is 0.101. The van der Waals surface area contributed by atoms with Crippen LogP contribution in [-0.4, -0.2) is 25.9 Å². The number of nitrogens with zero attached hydrogens (tertiary/aromatic N) is 4. The molecule has 0 aliphatic heterocycles. The van der Waals surface area contributed by atoms with Gasteiger partial charge in [-0.05, 0) is 91.0 Å². The van der Waals surface area contributed by atoms with Gasteiger partial charge in [0.25, 0.3) is 20.2 Å². The lowest BCUT2D eigenvalue weighted by Crippen LogP contribution is -2.47. The number of hydrogen-bond acceptors (Lipinski definition) is 12. The number of aryl methyl sites for hydroxylation is 1. The van der Waals surface area contributed by atoms with Crippen molar-refractivity contribution in [3.63, 3.8) is 0 Å². The van der Waals surface area contributed by atoms with E-state index in [1.807, 2.05) is 0 Å². The van der Waals surface area contributed by atoms with Gasteiger partial charge in [-0.1, -0.05) is 29.8 Å². The summed E-state index contributed by atoms with van der Waals surface area (Å²) < 4.78 is 64.8. The Hall–Kier alpha value is -5.13. The number of halogens is 1. The molecule has 240 valence electrons. The van der Waals surface area contributed by atoms with Crippen molar-refractivity contribution in [2.75, 3.05) is 10.9 Å². The highest BCUT2D eigenvalue weighted by molar-refractivity contribution is 7.86. The Morgan fingerprint density at radius 1 is 0.723 bits per heavy atom. The zero-order valence-corrected chi connectivity index (χ0v) is 26.7. The molecule has 0 aliphatic carbocycles. The van der Waals surface area contributed by atoms with Crippen molar-refractivity contribution in [1.29, 1.82) is 0 Å². The second kappa shape index (κ2) is 12.9. The standard InChI is InChI=1S/C30H23ClN6O8S2/c1-16-12-19(6-9-24(16)33-36-27-15-21(47(43,44)45)14-23(31)17(27)2)32-35-26-10-11-28(38)29(30(26)39)37-34-25-5-3-4-18-13-20(46(40,41)42)7-8-22(18)25/h3-15,32,34H,1-2H3,(H,40,41,42)(H,43,44,45)/b35-26+,36-33?,37-29-. The molecule has 0 unspecified atom stereocenters. The van der Waals surface area contributed by atoms with Gasteiger partial charge in [0.2, 0.25) is 10.9 Å². The maximum atomic E-state index is 13.1. The van der Waals surface area contributed by atoms with Crippen LogP contribution in [-0.2, 0) is 20.2 Å². The molecule has 0 atom stereocenters. The van der Waals surface area contributed by atoms with Crippen molar-refractivity contribution in [3.05, 3.63) is 126 Å². The van der Waals surface area contributed by atoms with Gasteiger partial charge in [-0.25, -0.2) is 0 Å². The van der Waals surface area contributed by atoms with Crippen molar-refractivity contribution < 1.29 is 25.9 Å². The number of hydrogen-bond donors (Lipinski definition) is 4. The predicted octanol–water partition coefficient (Wildman–Crippen LogP) is 4.47. The first-order valence-corrected chi connectivity index (χ1v) is 16.6. The van der Waals surface area contributed by atoms with E-state index in [0.29, 0.717) is 39.0 Å². The Kier molecular flexibility index (Phi) is 9.15. The Balaban J connectivity index is 1.39. The summed E-state index contributed by atoms with van der Waals surface area (Å²) in [6.07, 6.45) is 0. The summed E-state index contributed by atoms with van der Waals surface area (Å²) in [7, 11) is -8.92. The SMILES string of the molecule is Cc1cc(N/N=c2\ccc(=O)/c(=N/Nc3cccc4cc(S(=O)(=O)O)ccc34)c2=O)ccc1N=Nc1cc(S(=O)(=O)O)cc(Cl)c1C. The molecular weight excluding hydrogens is 672 g/mol.